The summed E-state index contributed by atoms with van der Waals surface area (Å²) >= 11 is 0. The minimum atomic E-state index is -5.36. The summed E-state index contributed by atoms with van der Waals surface area (Å²) in [7, 11) is -10.7. The number of hydrogen-bond acceptors (Lipinski definition) is 18. The first-order valence-corrected chi connectivity index (χ1v) is 19.0. The van der Waals surface area contributed by atoms with Gasteiger partial charge in [0.1, 0.15) is 37.4 Å². The molecule has 6 aromatic carbocycles. The van der Waals surface area contributed by atoms with E-state index in [1.165, 1.54) is 66.7 Å². The fraction of sp³-hybridized carbons (Fsp3) is 0. The largest absolute Gasteiger partial charge is 1.00 e. The van der Waals surface area contributed by atoms with Crippen LogP contribution in [0.2, 0.25) is 0 Å². The van der Waals surface area contributed by atoms with E-state index >= 15 is 0 Å². The van der Waals surface area contributed by atoms with Gasteiger partial charge < -0.3 is 45.6 Å². The molecule has 6 N–H and O–H groups in total. The summed E-state index contributed by atoms with van der Waals surface area (Å²) in [5.41, 5.74) is 5.13. The standard InChI is InChI=1S/C36H27N9O11S2.3Na/c37-31-30-19(17-29(58(54,55)56)33(34(30)47)45-41-22-4-2-1-3-5-22)16-28(57(51,52)53)32(31)44-42-24-12-8-21(9-13-24)39-36(50)38-20-6-10-23(11-7-20)40-43-25-14-15-27(46)26(18-25)35(48)49;;;/h1-18,46-47H,37H2,(H,48,49)(H2,38,39,50)(H,51,52,53)(H,54,55,56);;;/q;3*+1/p-3. The van der Waals surface area contributed by atoms with Crippen LogP contribution in [0.25, 0.3) is 10.8 Å². The Balaban J connectivity index is 0.00000331. The average molecular weight is 892 g/mol. The Morgan fingerprint density at radius 2 is 1.00 bits per heavy atom. The summed E-state index contributed by atoms with van der Waals surface area (Å²) in [6, 6.07) is 23.9. The van der Waals surface area contributed by atoms with Crippen LogP contribution in [-0.4, -0.2) is 48.2 Å². The summed E-state index contributed by atoms with van der Waals surface area (Å²) in [6.45, 7) is 0. The van der Waals surface area contributed by atoms with Crippen molar-refractivity contribution in [3.63, 3.8) is 0 Å². The number of amides is 2. The van der Waals surface area contributed by atoms with Crippen molar-refractivity contribution >= 4 is 94.2 Å². The summed E-state index contributed by atoms with van der Waals surface area (Å²) in [5, 5.41) is 59.5. The number of phenols is 2. The fourth-order valence-corrected chi connectivity index (χ4v) is 6.49. The van der Waals surface area contributed by atoms with Crippen LogP contribution in [0.1, 0.15) is 10.4 Å². The summed E-state index contributed by atoms with van der Waals surface area (Å²) in [4.78, 5) is 21.6. The monoisotopic (exact) mass is 891 g/mol. The van der Waals surface area contributed by atoms with Gasteiger partial charge in [0.2, 0.25) is 0 Å². The van der Waals surface area contributed by atoms with Crippen molar-refractivity contribution in [2.24, 2.45) is 30.7 Å². The third-order valence-corrected chi connectivity index (χ3v) is 9.57. The van der Waals surface area contributed by atoms with E-state index in [2.05, 4.69) is 41.3 Å². The Bertz CT molecular complexity index is 2930. The number of carbonyl (C=O) groups excluding carboxylic acids is 2. The number of rotatable bonds is 11. The first kappa shape index (κ1) is 50.7. The van der Waals surface area contributed by atoms with Gasteiger partial charge in [-0.05, 0) is 96.4 Å². The van der Waals surface area contributed by atoms with Crippen molar-refractivity contribution in [2.45, 2.75) is 9.79 Å². The first-order valence-electron chi connectivity index (χ1n) is 16.1. The number of urea groups is 1. The number of carbonyl (C=O) groups is 2. The van der Waals surface area contributed by atoms with Crippen LogP contribution in [0.4, 0.5) is 56.0 Å². The molecule has 0 radical (unpaired) electrons. The zero-order valence-corrected chi connectivity index (χ0v) is 39.7. The molecule has 6 aromatic rings. The molecule has 0 aliphatic carbocycles. The number of nitrogens with zero attached hydrogens (tertiary/aromatic N) is 6. The molecule has 0 heterocycles. The molecule has 0 spiro atoms. The second-order valence-corrected chi connectivity index (χ2v) is 14.5. The second kappa shape index (κ2) is 21.4. The van der Waals surface area contributed by atoms with Gasteiger partial charge in [0.25, 0.3) is 0 Å². The van der Waals surface area contributed by atoms with Gasteiger partial charge in [-0.1, -0.05) is 18.2 Å². The van der Waals surface area contributed by atoms with E-state index in [1.807, 2.05) is 0 Å². The van der Waals surface area contributed by atoms with Crippen molar-refractivity contribution in [3.05, 3.63) is 115 Å². The predicted octanol–water partition coefficient (Wildman–Crippen LogP) is -2.09. The maximum atomic E-state index is 12.6. The molecule has 0 saturated heterocycles. The van der Waals surface area contributed by atoms with E-state index in [-0.39, 0.29) is 111 Å². The number of nitrogen functional groups attached to an aromatic ring is 1. The van der Waals surface area contributed by atoms with Gasteiger partial charge in [-0.25, -0.2) is 21.6 Å². The molecule has 6 rings (SSSR count). The third-order valence-electron chi connectivity index (χ3n) is 7.87. The number of phenolic OH excluding ortho intramolecular Hbond substituents is 1. The van der Waals surface area contributed by atoms with E-state index in [4.69, 9.17) is 5.73 Å². The molecule has 0 saturated carbocycles. The Hall–Kier alpha value is -4.66. The van der Waals surface area contributed by atoms with Crippen LogP contribution >= 0.6 is 0 Å². The van der Waals surface area contributed by atoms with Gasteiger partial charge >= 0.3 is 94.7 Å². The number of aromatic carboxylic acids is 1. The van der Waals surface area contributed by atoms with Gasteiger partial charge in [0.05, 0.1) is 49.6 Å². The van der Waals surface area contributed by atoms with Crippen molar-refractivity contribution in [2.75, 3.05) is 16.4 Å². The number of nitrogens with one attached hydrogen (secondary N) is 2. The van der Waals surface area contributed by atoms with Gasteiger partial charge in [-0.15, -0.1) is 10.2 Å². The average Bonchev–Trinajstić information content (AvgIpc) is 3.17. The number of carboxylic acids is 1. The fourth-order valence-electron chi connectivity index (χ4n) is 5.18. The zero-order chi connectivity index (χ0) is 41.8. The third kappa shape index (κ3) is 12.7. The molecule has 0 fully saturated rings. The minimum Gasteiger partial charge on any atom is -0.744 e. The molecule has 0 atom stereocenters. The Kier molecular flexibility index (Phi) is 17.8. The Morgan fingerprint density at radius 1 is 0.574 bits per heavy atom. The number of azo groups is 3. The van der Waals surface area contributed by atoms with Crippen molar-refractivity contribution in [3.8, 4) is 11.5 Å². The van der Waals surface area contributed by atoms with Gasteiger partial charge in [0, 0.05) is 16.9 Å². The zero-order valence-electron chi connectivity index (χ0n) is 32.0. The molecule has 294 valence electrons. The topological polar surface area (TPSA) is 336 Å². The summed E-state index contributed by atoms with van der Waals surface area (Å²) in [5.74, 6) is -3.02. The van der Waals surface area contributed by atoms with Crippen molar-refractivity contribution in [1.82, 2.24) is 0 Å². The normalized spacial score (nSPS) is 11.5. The van der Waals surface area contributed by atoms with Gasteiger partial charge in [-0.3, -0.25) is 0 Å². The van der Waals surface area contributed by atoms with Crippen LogP contribution in [0.3, 0.4) is 0 Å². The molecule has 0 aliphatic rings. The Labute approximate surface area is 412 Å². The SMILES string of the molecule is Nc1c(N=Nc2ccc(NC(=O)Nc3ccc(N=Nc4ccc(O)c(C(=O)[O-])c4)cc3)cc2)c(S(=O)(=O)[O-])cc2cc(S(=O)(=O)[O-])c(N=Nc3ccccc3)c(O)c12.[Na+].[Na+].[Na+]. The molecule has 0 aromatic heterocycles. The number of fused-ring (bicyclic) bond motifs is 1. The smallest absolute Gasteiger partial charge is 0.744 e. The van der Waals surface area contributed by atoms with Crippen LogP contribution in [0.15, 0.2) is 150 Å². The van der Waals surface area contributed by atoms with Crippen LogP contribution in [-0.2, 0) is 20.2 Å². The molecule has 0 aliphatic heterocycles. The van der Waals surface area contributed by atoms with Crippen LogP contribution < -0.4 is 110 Å². The van der Waals surface area contributed by atoms with Gasteiger partial charge in [-0.2, -0.15) is 20.5 Å². The maximum absolute atomic E-state index is 12.6. The van der Waals surface area contributed by atoms with E-state index in [9.17, 15) is 50.8 Å². The van der Waals surface area contributed by atoms with E-state index in [0.717, 1.165) is 12.1 Å². The van der Waals surface area contributed by atoms with Crippen molar-refractivity contribution < 1.29 is 140 Å². The number of benzene rings is 6. The summed E-state index contributed by atoms with van der Waals surface area (Å²) < 4.78 is 73.4. The molecule has 0 unspecified atom stereocenters. The number of carboxylic acid groups (broad SMARTS) is 1. The minimum absolute atomic E-state index is 0. The number of hydrogen-bond donors (Lipinski definition) is 5. The molecular formula is C36H24N9Na3O11S2. The predicted molar refractivity (Wildman–Crippen MR) is 203 cm³/mol. The number of anilines is 3. The molecule has 20 nitrogen and oxygen atoms in total. The quantitative estimate of drug-likeness (QED) is 0.0405. The molecule has 25 heteroatoms. The number of nitrogens with two attached hydrogens (primary N) is 1. The molecule has 0 bridgehead atoms. The van der Waals surface area contributed by atoms with E-state index in [0.29, 0.717) is 23.5 Å². The van der Waals surface area contributed by atoms with Crippen LogP contribution in [0, 0.1) is 0 Å². The van der Waals surface area contributed by atoms with E-state index < -0.39 is 86.9 Å². The molecular weight excluding hydrogens is 868 g/mol. The number of aromatic hydroxyl groups is 2. The Morgan fingerprint density at radius 3 is 1.49 bits per heavy atom. The summed E-state index contributed by atoms with van der Waals surface area (Å²) in [6.07, 6.45) is 0. The van der Waals surface area contributed by atoms with Crippen molar-refractivity contribution in [1.29, 1.82) is 0 Å². The first-order chi connectivity index (χ1) is 27.5. The van der Waals surface area contributed by atoms with Crippen LogP contribution in [0.5, 0.6) is 11.5 Å². The molecule has 61 heavy (non-hydrogen) atoms. The molecule has 2 amide bonds. The van der Waals surface area contributed by atoms with Gasteiger partial charge in [0.15, 0.2) is 5.75 Å². The second-order valence-electron chi connectivity index (χ2n) is 11.8. The maximum Gasteiger partial charge on any atom is 1.00 e. The van der Waals surface area contributed by atoms with E-state index in [1.54, 1.807) is 18.2 Å².